The maximum absolute atomic E-state index is 12.0. The Morgan fingerprint density at radius 2 is 1.92 bits per heavy atom. The lowest BCUT2D eigenvalue weighted by Gasteiger charge is -2.13. The highest BCUT2D eigenvalue weighted by Gasteiger charge is 2.17. The van der Waals surface area contributed by atoms with Gasteiger partial charge in [-0.2, -0.15) is 0 Å². The normalized spacial score (nSPS) is 9.96. The summed E-state index contributed by atoms with van der Waals surface area (Å²) < 4.78 is 10.2. The summed E-state index contributed by atoms with van der Waals surface area (Å²) in [5.74, 6) is -0.950. The monoisotopic (exact) mass is 349 g/mol. The van der Waals surface area contributed by atoms with Crippen LogP contribution >= 0.6 is 11.6 Å². The third-order valence-electron chi connectivity index (χ3n) is 3.10. The molecule has 126 valence electrons. The van der Waals surface area contributed by atoms with Gasteiger partial charge in [-0.15, -0.1) is 0 Å². The minimum atomic E-state index is -0.832. The summed E-state index contributed by atoms with van der Waals surface area (Å²) in [7, 11) is 2.87. The number of benzene rings is 1. The summed E-state index contributed by atoms with van der Waals surface area (Å²) >= 11 is 5.99. The molecule has 0 saturated carbocycles. The number of pyridine rings is 1. The lowest BCUT2D eigenvalue weighted by Crippen LogP contribution is -2.35. The molecule has 1 heterocycles. The Kier molecular flexibility index (Phi) is 5.97. The van der Waals surface area contributed by atoms with Crippen molar-refractivity contribution in [3.05, 3.63) is 47.2 Å². The lowest BCUT2D eigenvalue weighted by molar-refractivity contribution is -0.136. The summed E-state index contributed by atoms with van der Waals surface area (Å²) in [6, 6.07) is 6.50. The van der Waals surface area contributed by atoms with E-state index in [2.05, 4.69) is 15.6 Å². The summed E-state index contributed by atoms with van der Waals surface area (Å²) in [4.78, 5) is 27.8. The van der Waals surface area contributed by atoms with E-state index >= 15 is 0 Å². The number of aromatic nitrogens is 1. The molecule has 24 heavy (non-hydrogen) atoms. The number of hydrogen-bond acceptors (Lipinski definition) is 5. The van der Waals surface area contributed by atoms with Crippen LogP contribution < -0.4 is 20.1 Å². The number of nitrogens with zero attached hydrogens (tertiary/aromatic N) is 1. The highest BCUT2D eigenvalue weighted by Crippen LogP contribution is 2.35. The zero-order valence-corrected chi connectivity index (χ0v) is 13.9. The molecule has 8 heteroatoms. The molecule has 1 aromatic carbocycles. The molecular weight excluding hydrogens is 334 g/mol. The number of anilines is 1. The van der Waals surface area contributed by atoms with Gasteiger partial charge in [0.25, 0.3) is 0 Å². The number of carbonyl (C=O) groups is 2. The van der Waals surface area contributed by atoms with Crippen LogP contribution in [-0.2, 0) is 16.1 Å². The Balaban J connectivity index is 2.04. The van der Waals surface area contributed by atoms with Crippen LogP contribution in [0.1, 0.15) is 5.56 Å². The van der Waals surface area contributed by atoms with Crippen LogP contribution in [0.5, 0.6) is 11.5 Å². The van der Waals surface area contributed by atoms with Gasteiger partial charge in [-0.1, -0.05) is 17.7 Å². The number of amides is 2. The second-order valence-corrected chi connectivity index (χ2v) is 5.09. The number of rotatable bonds is 5. The number of hydrogen-bond donors (Lipinski definition) is 2. The lowest BCUT2D eigenvalue weighted by atomic mass is 10.2. The molecule has 0 aliphatic heterocycles. The van der Waals surface area contributed by atoms with Crippen LogP contribution in [0.25, 0.3) is 0 Å². The molecule has 1 aromatic heterocycles. The molecule has 0 radical (unpaired) electrons. The minimum absolute atomic E-state index is 0.196. The molecule has 0 bridgehead atoms. The number of methoxy groups -OCH3 is 2. The second kappa shape index (κ2) is 8.16. The zero-order valence-electron chi connectivity index (χ0n) is 13.1. The first-order valence-electron chi connectivity index (χ1n) is 6.94. The van der Waals surface area contributed by atoms with Crippen LogP contribution in [0, 0.1) is 0 Å². The number of nitrogens with one attached hydrogen (secondary N) is 2. The van der Waals surface area contributed by atoms with Gasteiger partial charge in [-0.05, 0) is 11.6 Å². The predicted molar refractivity (Wildman–Crippen MR) is 89.3 cm³/mol. The first kappa shape index (κ1) is 17.6. The minimum Gasteiger partial charge on any atom is -0.495 e. The second-order valence-electron chi connectivity index (χ2n) is 4.69. The van der Waals surface area contributed by atoms with Gasteiger partial charge in [0, 0.05) is 31.1 Å². The van der Waals surface area contributed by atoms with Crippen molar-refractivity contribution < 1.29 is 19.1 Å². The van der Waals surface area contributed by atoms with E-state index in [1.165, 1.54) is 26.4 Å². The standard InChI is InChI=1S/C16H16ClN3O4/c1-23-13-7-12(14(24-2)6-11(13)17)20-16(22)15(21)19-9-10-4-3-5-18-8-10/h3-8H,9H2,1-2H3,(H,19,21)(H,20,22). The third kappa shape index (κ3) is 4.36. The first-order chi connectivity index (χ1) is 11.5. The zero-order chi connectivity index (χ0) is 17.5. The molecule has 0 aliphatic rings. The van der Waals surface area contributed by atoms with Crippen molar-refractivity contribution in [2.24, 2.45) is 0 Å². The molecule has 0 spiro atoms. The van der Waals surface area contributed by atoms with Gasteiger partial charge < -0.3 is 20.1 Å². The van der Waals surface area contributed by atoms with E-state index in [1.807, 2.05) is 0 Å². The number of halogens is 1. The largest absolute Gasteiger partial charge is 0.495 e. The highest BCUT2D eigenvalue weighted by atomic mass is 35.5. The Morgan fingerprint density at radius 3 is 2.54 bits per heavy atom. The summed E-state index contributed by atoms with van der Waals surface area (Å²) in [5.41, 5.74) is 1.06. The van der Waals surface area contributed by atoms with Gasteiger partial charge in [0.1, 0.15) is 11.5 Å². The molecule has 2 amide bonds. The Labute approximate surface area is 143 Å². The fourth-order valence-corrected chi connectivity index (χ4v) is 2.13. The molecule has 0 fully saturated rings. The fourth-order valence-electron chi connectivity index (χ4n) is 1.90. The van der Waals surface area contributed by atoms with E-state index in [4.69, 9.17) is 21.1 Å². The molecule has 0 unspecified atom stereocenters. The van der Waals surface area contributed by atoms with Gasteiger partial charge in [0.15, 0.2) is 0 Å². The van der Waals surface area contributed by atoms with Crippen molar-refractivity contribution in [3.8, 4) is 11.5 Å². The topological polar surface area (TPSA) is 89.5 Å². The average Bonchev–Trinajstić information content (AvgIpc) is 2.61. The Morgan fingerprint density at radius 1 is 1.17 bits per heavy atom. The van der Waals surface area contributed by atoms with Crippen molar-refractivity contribution in [2.45, 2.75) is 6.54 Å². The third-order valence-corrected chi connectivity index (χ3v) is 3.40. The molecular formula is C16H16ClN3O4. The van der Waals surface area contributed by atoms with Gasteiger partial charge >= 0.3 is 11.8 Å². The molecule has 0 atom stereocenters. The van der Waals surface area contributed by atoms with Crippen LogP contribution in [0.15, 0.2) is 36.7 Å². The molecule has 7 nitrogen and oxygen atoms in total. The van der Waals surface area contributed by atoms with Gasteiger partial charge in [0.05, 0.1) is 24.9 Å². The molecule has 0 aliphatic carbocycles. The Hall–Kier alpha value is -2.80. The molecule has 2 aromatic rings. The van der Waals surface area contributed by atoms with Crippen molar-refractivity contribution in [1.29, 1.82) is 0 Å². The van der Waals surface area contributed by atoms with E-state index in [0.717, 1.165) is 5.56 Å². The van der Waals surface area contributed by atoms with Crippen molar-refractivity contribution >= 4 is 29.1 Å². The highest BCUT2D eigenvalue weighted by molar-refractivity contribution is 6.40. The fraction of sp³-hybridized carbons (Fsp3) is 0.188. The van der Waals surface area contributed by atoms with Gasteiger partial charge in [-0.3, -0.25) is 14.6 Å². The maximum atomic E-state index is 12.0. The Bertz CT molecular complexity index is 738. The molecule has 2 rings (SSSR count). The van der Waals surface area contributed by atoms with E-state index in [-0.39, 0.29) is 12.2 Å². The van der Waals surface area contributed by atoms with Crippen molar-refractivity contribution in [3.63, 3.8) is 0 Å². The summed E-state index contributed by atoms with van der Waals surface area (Å²) in [6.45, 7) is 0.196. The number of carbonyl (C=O) groups excluding carboxylic acids is 2. The van der Waals surface area contributed by atoms with E-state index in [1.54, 1.807) is 24.5 Å². The van der Waals surface area contributed by atoms with Crippen LogP contribution in [0.3, 0.4) is 0 Å². The molecule has 0 saturated heterocycles. The van der Waals surface area contributed by atoms with Crippen molar-refractivity contribution in [1.82, 2.24) is 10.3 Å². The number of ether oxygens (including phenoxy) is 2. The van der Waals surface area contributed by atoms with Gasteiger partial charge in [0.2, 0.25) is 0 Å². The predicted octanol–water partition coefficient (Wildman–Crippen LogP) is 2.01. The van der Waals surface area contributed by atoms with Crippen LogP contribution in [0.2, 0.25) is 5.02 Å². The smallest absolute Gasteiger partial charge is 0.313 e. The quantitative estimate of drug-likeness (QED) is 0.806. The summed E-state index contributed by atoms with van der Waals surface area (Å²) in [5, 5.41) is 5.30. The van der Waals surface area contributed by atoms with E-state index in [0.29, 0.717) is 16.5 Å². The maximum Gasteiger partial charge on any atom is 0.313 e. The van der Waals surface area contributed by atoms with E-state index < -0.39 is 11.8 Å². The molecule has 2 N–H and O–H groups in total. The van der Waals surface area contributed by atoms with Gasteiger partial charge in [-0.25, -0.2) is 0 Å². The van der Waals surface area contributed by atoms with Crippen molar-refractivity contribution in [2.75, 3.05) is 19.5 Å². The summed E-state index contributed by atoms with van der Waals surface area (Å²) in [6.07, 6.45) is 3.23. The first-order valence-corrected chi connectivity index (χ1v) is 7.32. The average molecular weight is 350 g/mol. The SMILES string of the molecule is COc1cc(NC(=O)C(=O)NCc2cccnc2)c(OC)cc1Cl. The van der Waals surface area contributed by atoms with Crippen LogP contribution in [0.4, 0.5) is 5.69 Å². The van der Waals surface area contributed by atoms with Crippen LogP contribution in [-0.4, -0.2) is 31.0 Å². The van der Waals surface area contributed by atoms with E-state index in [9.17, 15) is 9.59 Å².